The number of benzene rings is 1. The zero-order valence-electron chi connectivity index (χ0n) is 9.73. The van der Waals surface area contributed by atoms with Crippen molar-refractivity contribution < 1.29 is 4.58 Å². The van der Waals surface area contributed by atoms with Crippen LogP contribution >= 0.6 is 0 Å². The maximum Gasteiger partial charge on any atom is 0.247 e. The number of nitrogens with zero attached hydrogens (tertiary/aromatic N) is 2. The molecule has 3 rings (SSSR count). The van der Waals surface area contributed by atoms with Gasteiger partial charge in [0.15, 0.2) is 0 Å². The van der Waals surface area contributed by atoms with Crippen molar-refractivity contribution >= 4 is 5.84 Å². The van der Waals surface area contributed by atoms with Crippen LogP contribution in [0.2, 0.25) is 0 Å². The lowest BCUT2D eigenvalue weighted by Crippen LogP contribution is -2.40. The van der Waals surface area contributed by atoms with Gasteiger partial charge in [-0.15, -0.1) is 0 Å². The van der Waals surface area contributed by atoms with E-state index in [2.05, 4.69) is 39.8 Å². The first-order chi connectivity index (χ1) is 7.93. The third kappa shape index (κ3) is 1.84. The second-order valence-electron chi connectivity index (χ2n) is 4.77. The molecule has 2 nitrogen and oxygen atoms in total. The van der Waals surface area contributed by atoms with Crippen LogP contribution in [0.5, 0.6) is 0 Å². The SMILES string of the molecule is c1ccc(CN2CCC[N+]3=C2CCC3)cc1. The van der Waals surface area contributed by atoms with Crippen molar-refractivity contribution in [1.82, 2.24) is 4.90 Å². The van der Waals surface area contributed by atoms with Gasteiger partial charge in [-0.3, -0.25) is 9.48 Å². The van der Waals surface area contributed by atoms with E-state index in [4.69, 9.17) is 0 Å². The summed E-state index contributed by atoms with van der Waals surface area (Å²) in [6, 6.07) is 10.8. The molecule has 0 N–H and O–H groups in total. The molecule has 0 fully saturated rings. The molecule has 0 unspecified atom stereocenters. The normalized spacial score (nSPS) is 20.1. The van der Waals surface area contributed by atoms with Gasteiger partial charge in [0.05, 0.1) is 26.1 Å². The van der Waals surface area contributed by atoms with Gasteiger partial charge in [0.2, 0.25) is 5.84 Å². The highest BCUT2D eigenvalue weighted by Crippen LogP contribution is 2.16. The van der Waals surface area contributed by atoms with Crippen LogP contribution in [0.4, 0.5) is 0 Å². The van der Waals surface area contributed by atoms with E-state index in [1.54, 1.807) is 5.84 Å². The topological polar surface area (TPSA) is 6.25 Å². The molecule has 0 aromatic heterocycles. The van der Waals surface area contributed by atoms with Crippen molar-refractivity contribution in [3.05, 3.63) is 35.9 Å². The van der Waals surface area contributed by atoms with Gasteiger partial charge in [-0.2, -0.15) is 0 Å². The molecule has 1 aromatic rings. The van der Waals surface area contributed by atoms with Crippen molar-refractivity contribution in [3.63, 3.8) is 0 Å². The molecule has 84 valence electrons. The van der Waals surface area contributed by atoms with E-state index in [9.17, 15) is 0 Å². The van der Waals surface area contributed by atoms with E-state index in [0.717, 1.165) is 6.54 Å². The first-order valence-corrected chi connectivity index (χ1v) is 6.33. The first kappa shape index (κ1) is 9.88. The van der Waals surface area contributed by atoms with Gasteiger partial charge >= 0.3 is 0 Å². The molecule has 0 spiro atoms. The largest absolute Gasteiger partial charge is 0.266 e. The van der Waals surface area contributed by atoms with Crippen molar-refractivity contribution in [3.8, 4) is 0 Å². The summed E-state index contributed by atoms with van der Waals surface area (Å²) < 4.78 is 2.58. The Labute approximate surface area is 97.2 Å². The van der Waals surface area contributed by atoms with Gasteiger partial charge in [0, 0.05) is 6.42 Å². The fourth-order valence-corrected chi connectivity index (χ4v) is 2.87. The zero-order chi connectivity index (χ0) is 10.8. The summed E-state index contributed by atoms with van der Waals surface area (Å²) in [5.41, 5.74) is 1.43. The summed E-state index contributed by atoms with van der Waals surface area (Å²) >= 11 is 0. The van der Waals surface area contributed by atoms with Crippen LogP contribution < -0.4 is 0 Å². The van der Waals surface area contributed by atoms with Crippen LogP contribution in [-0.2, 0) is 6.54 Å². The summed E-state index contributed by atoms with van der Waals surface area (Å²) in [5.74, 6) is 1.59. The minimum atomic E-state index is 1.09. The second kappa shape index (κ2) is 4.28. The Morgan fingerprint density at radius 3 is 2.75 bits per heavy atom. The van der Waals surface area contributed by atoms with Crippen LogP contribution in [-0.4, -0.2) is 34.9 Å². The average Bonchev–Trinajstić information content (AvgIpc) is 2.80. The van der Waals surface area contributed by atoms with E-state index in [1.807, 2.05) is 0 Å². The van der Waals surface area contributed by atoms with Crippen molar-refractivity contribution in [2.24, 2.45) is 0 Å². The molecule has 1 aromatic carbocycles. The average molecular weight is 215 g/mol. The third-order valence-corrected chi connectivity index (χ3v) is 3.63. The summed E-state index contributed by atoms with van der Waals surface area (Å²) in [6.07, 6.45) is 3.95. The van der Waals surface area contributed by atoms with Crippen LogP contribution in [0.1, 0.15) is 24.8 Å². The maximum atomic E-state index is 2.58. The van der Waals surface area contributed by atoms with Crippen molar-refractivity contribution in [2.75, 3.05) is 19.6 Å². The molecule has 2 heteroatoms. The Morgan fingerprint density at radius 2 is 1.88 bits per heavy atom. The first-order valence-electron chi connectivity index (χ1n) is 6.33. The van der Waals surface area contributed by atoms with Crippen molar-refractivity contribution in [1.29, 1.82) is 0 Å². The number of rotatable bonds is 2. The fourth-order valence-electron chi connectivity index (χ4n) is 2.87. The minimum absolute atomic E-state index is 1.09. The Balaban J connectivity index is 1.78. The highest BCUT2D eigenvalue weighted by Gasteiger charge is 2.30. The number of hydrogen-bond donors (Lipinski definition) is 0. The Hall–Kier alpha value is -1.31. The minimum Gasteiger partial charge on any atom is -0.266 e. The Morgan fingerprint density at radius 1 is 1.06 bits per heavy atom. The molecule has 2 heterocycles. The lowest BCUT2D eigenvalue weighted by molar-refractivity contribution is -0.530. The molecule has 0 aliphatic carbocycles. The van der Waals surface area contributed by atoms with Crippen LogP contribution in [0.15, 0.2) is 30.3 Å². The van der Waals surface area contributed by atoms with Gasteiger partial charge in [0.1, 0.15) is 6.54 Å². The molecule has 16 heavy (non-hydrogen) atoms. The molecule has 2 aliphatic rings. The summed E-state index contributed by atoms with van der Waals surface area (Å²) in [7, 11) is 0. The summed E-state index contributed by atoms with van der Waals surface area (Å²) in [6.45, 7) is 4.88. The predicted molar refractivity (Wildman–Crippen MR) is 65.7 cm³/mol. The molecule has 0 amide bonds. The van der Waals surface area contributed by atoms with E-state index in [-0.39, 0.29) is 0 Å². The van der Waals surface area contributed by atoms with Gasteiger partial charge < -0.3 is 0 Å². The van der Waals surface area contributed by atoms with E-state index in [1.165, 1.54) is 44.5 Å². The fraction of sp³-hybridized carbons (Fsp3) is 0.500. The van der Waals surface area contributed by atoms with Crippen LogP contribution in [0.25, 0.3) is 0 Å². The standard InChI is InChI=1S/C14H19N2/c1-2-6-13(7-3-1)12-16-11-5-10-15-9-4-8-14(15)16/h1-3,6-7H,4-5,8-12H2/q+1. The zero-order valence-corrected chi connectivity index (χ0v) is 9.73. The molecule has 0 bridgehead atoms. The summed E-state index contributed by atoms with van der Waals surface area (Å²) in [5, 5.41) is 0. The molecular weight excluding hydrogens is 196 g/mol. The predicted octanol–water partition coefficient (Wildman–Crippen LogP) is 2.10. The molecule has 0 radical (unpaired) electrons. The molecular formula is C14H19N2+. The Bertz CT molecular complexity index is 394. The lowest BCUT2D eigenvalue weighted by Gasteiger charge is -2.23. The van der Waals surface area contributed by atoms with Crippen LogP contribution in [0.3, 0.4) is 0 Å². The van der Waals surface area contributed by atoms with Gasteiger partial charge in [0.25, 0.3) is 0 Å². The molecule has 2 aliphatic heterocycles. The van der Waals surface area contributed by atoms with E-state index < -0.39 is 0 Å². The number of amidine groups is 1. The van der Waals surface area contributed by atoms with Gasteiger partial charge in [-0.1, -0.05) is 30.3 Å². The quantitative estimate of drug-likeness (QED) is 0.685. The highest BCUT2D eigenvalue weighted by atomic mass is 15.3. The Kier molecular flexibility index (Phi) is 2.65. The van der Waals surface area contributed by atoms with E-state index in [0.29, 0.717) is 0 Å². The number of hydrogen-bond acceptors (Lipinski definition) is 1. The molecule has 0 saturated heterocycles. The smallest absolute Gasteiger partial charge is 0.247 e. The summed E-state index contributed by atoms with van der Waals surface area (Å²) in [4.78, 5) is 2.58. The second-order valence-corrected chi connectivity index (χ2v) is 4.77. The molecule has 0 saturated carbocycles. The highest BCUT2D eigenvalue weighted by molar-refractivity contribution is 5.78. The monoisotopic (exact) mass is 215 g/mol. The maximum absolute atomic E-state index is 2.58. The van der Waals surface area contributed by atoms with Gasteiger partial charge in [-0.25, -0.2) is 0 Å². The van der Waals surface area contributed by atoms with Crippen LogP contribution in [0, 0.1) is 0 Å². The van der Waals surface area contributed by atoms with Gasteiger partial charge in [-0.05, 0) is 12.0 Å². The van der Waals surface area contributed by atoms with Crippen molar-refractivity contribution in [2.45, 2.75) is 25.8 Å². The van der Waals surface area contributed by atoms with E-state index >= 15 is 0 Å². The lowest BCUT2D eigenvalue weighted by atomic mass is 10.2. The third-order valence-electron chi connectivity index (χ3n) is 3.63. The molecule has 0 atom stereocenters.